The standard InChI is InChI=1S/C19H21N/c1-2-14-3-8-19-12-18(10-9-17(19)11-14)16-6-4-15(13-20)5-7-16/h2,4-7,14,18H,1,3,8-12H2. The van der Waals surface area contributed by atoms with E-state index < -0.39 is 0 Å². The first-order chi connectivity index (χ1) is 9.80. The average molecular weight is 263 g/mol. The van der Waals surface area contributed by atoms with E-state index in [-0.39, 0.29) is 0 Å². The first-order valence-electron chi connectivity index (χ1n) is 7.62. The van der Waals surface area contributed by atoms with E-state index in [4.69, 9.17) is 5.26 Å². The highest BCUT2D eigenvalue weighted by atomic mass is 14.3. The summed E-state index contributed by atoms with van der Waals surface area (Å²) in [5, 5.41) is 8.88. The van der Waals surface area contributed by atoms with Crippen LogP contribution in [0.4, 0.5) is 0 Å². The van der Waals surface area contributed by atoms with Crippen molar-refractivity contribution in [1.82, 2.24) is 0 Å². The molecule has 0 amide bonds. The Balaban J connectivity index is 1.75. The first kappa shape index (κ1) is 13.2. The number of rotatable bonds is 2. The van der Waals surface area contributed by atoms with Crippen molar-refractivity contribution in [2.24, 2.45) is 5.92 Å². The summed E-state index contributed by atoms with van der Waals surface area (Å²) in [6, 6.07) is 10.4. The molecule has 2 aliphatic rings. The van der Waals surface area contributed by atoms with E-state index in [1.807, 2.05) is 12.1 Å². The lowest BCUT2D eigenvalue weighted by molar-refractivity contribution is 0.463. The molecule has 0 saturated heterocycles. The summed E-state index contributed by atoms with van der Waals surface area (Å²) in [5.74, 6) is 1.36. The van der Waals surface area contributed by atoms with Crippen molar-refractivity contribution in [1.29, 1.82) is 5.26 Å². The van der Waals surface area contributed by atoms with Crippen LogP contribution in [0.2, 0.25) is 0 Å². The molecule has 1 heteroatoms. The number of nitrogens with zero attached hydrogens (tertiary/aromatic N) is 1. The SMILES string of the molecule is C=CC1CCC2=C(CCC(c3ccc(C#N)cc3)C2)C1. The van der Waals surface area contributed by atoms with Crippen LogP contribution in [0.15, 0.2) is 48.1 Å². The van der Waals surface area contributed by atoms with Gasteiger partial charge in [0.2, 0.25) is 0 Å². The van der Waals surface area contributed by atoms with E-state index in [1.54, 1.807) is 11.1 Å². The van der Waals surface area contributed by atoms with E-state index in [0.29, 0.717) is 11.8 Å². The minimum Gasteiger partial charge on any atom is -0.192 e. The van der Waals surface area contributed by atoms with Crippen LogP contribution < -0.4 is 0 Å². The summed E-state index contributed by atoms with van der Waals surface area (Å²) in [5.41, 5.74) is 5.59. The minimum absolute atomic E-state index is 0.654. The molecule has 1 nitrogen and oxygen atoms in total. The van der Waals surface area contributed by atoms with E-state index in [0.717, 1.165) is 5.56 Å². The zero-order valence-corrected chi connectivity index (χ0v) is 11.9. The van der Waals surface area contributed by atoms with Gasteiger partial charge in [0.1, 0.15) is 0 Å². The molecule has 0 fully saturated rings. The van der Waals surface area contributed by atoms with Gasteiger partial charge >= 0.3 is 0 Å². The Hall–Kier alpha value is -1.81. The Kier molecular flexibility index (Phi) is 3.74. The monoisotopic (exact) mass is 263 g/mol. The summed E-state index contributed by atoms with van der Waals surface area (Å²) in [4.78, 5) is 0. The molecule has 0 aliphatic heterocycles. The summed E-state index contributed by atoms with van der Waals surface area (Å²) in [6.07, 6.45) is 9.67. The second-order valence-electron chi connectivity index (χ2n) is 6.12. The van der Waals surface area contributed by atoms with Gasteiger partial charge < -0.3 is 0 Å². The molecule has 2 atom stereocenters. The highest BCUT2D eigenvalue weighted by Crippen LogP contribution is 2.43. The van der Waals surface area contributed by atoms with Crippen molar-refractivity contribution < 1.29 is 0 Å². The third kappa shape index (κ3) is 2.56. The molecule has 20 heavy (non-hydrogen) atoms. The molecule has 0 spiro atoms. The van der Waals surface area contributed by atoms with Crippen molar-refractivity contribution in [2.75, 3.05) is 0 Å². The first-order valence-corrected chi connectivity index (χ1v) is 7.62. The molecule has 0 radical (unpaired) electrons. The number of allylic oxidation sites excluding steroid dienone is 3. The third-order valence-electron chi connectivity index (χ3n) is 4.96. The van der Waals surface area contributed by atoms with Gasteiger partial charge in [-0.05, 0) is 68.1 Å². The maximum absolute atomic E-state index is 8.88. The Morgan fingerprint density at radius 2 is 1.75 bits per heavy atom. The Morgan fingerprint density at radius 1 is 1.05 bits per heavy atom. The van der Waals surface area contributed by atoms with Gasteiger partial charge in [-0.2, -0.15) is 5.26 Å². The third-order valence-corrected chi connectivity index (χ3v) is 4.96. The zero-order valence-electron chi connectivity index (χ0n) is 11.9. The summed E-state index contributed by atoms with van der Waals surface area (Å²) >= 11 is 0. The molecular weight excluding hydrogens is 242 g/mol. The summed E-state index contributed by atoms with van der Waals surface area (Å²) in [6.45, 7) is 3.95. The normalized spacial score (nSPS) is 25.8. The maximum Gasteiger partial charge on any atom is 0.0991 e. The van der Waals surface area contributed by atoms with Crippen LogP contribution in [0.5, 0.6) is 0 Å². The molecule has 1 aromatic rings. The van der Waals surface area contributed by atoms with Gasteiger partial charge in [0.25, 0.3) is 0 Å². The fourth-order valence-electron chi connectivity index (χ4n) is 3.69. The molecule has 0 saturated carbocycles. The Morgan fingerprint density at radius 3 is 2.45 bits per heavy atom. The van der Waals surface area contributed by atoms with Crippen molar-refractivity contribution in [3.8, 4) is 6.07 Å². The molecule has 2 aliphatic carbocycles. The second-order valence-corrected chi connectivity index (χ2v) is 6.12. The highest BCUT2D eigenvalue weighted by molar-refractivity contribution is 5.35. The van der Waals surface area contributed by atoms with E-state index in [1.165, 1.54) is 44.1 Å². The zero-order chi connectivity index (χ0) is 13.9. The van der Waals surface area contributed by atoms with Crippen LogP contribution in [-0.4, -0.2) is 0 Å². The van der Waals surface area contributed by atoms with Gasteiger partial charge in [-0.1, -0.05) is 29.4 Å². The van der Waals surface area contributed by atoms with Gasteiger partial charge in [-0.15, -0.1) is 6.58 Å². The molecule has 2 unspecified atom stereocenters. The largest absolute Gasteiger partial charge is 0.192 e. The molecule has 0 bridgehead atoms. The van der Waals surface area contributed by atoms with Crippen LogP contribution >= 0.6 is 0 Å². The Labute approximate surface area is 121 Å². The molecule has 1 aromatic carbocycles. The predicted molar refractivity (Wildman–Crippen MR) is 82.3 cm³/mol. The highest BCUT2D eigenvalue weighted by Gasteiger charge is 2.26. The van der Waals surface area contributed by atoms with Crippen LogP contribution in [0.1, 0.15) is 55.6 Å². The van der Waals surface area contributed by atoms with E-state index in [2.05, 4.69) is 30.9 Å². The molecule has 102 valence electrons. The molecule has 0 N–H and O–H groups in total. The van der Waals surface area contributed by atoms with Crippen molar-refractivity contribution in [2.45, 2.75) is 44.4 Å². The fraction of sp³-hybridized carbons (Fsp3) is 0.421. The molecule has 0 aromatic heterocycles. The number of nitriles is 1. The van der Waals surface area contributed by atoms with Crippen molar-refractivity contribution >= 4 is 0 Å². The predicted octanol–water partition coefficient (Wildman–Crippen LogP) is 5.11. The molecule has 3 rings (SSSR count). The summed E-state index contributed by atoms with van der Waals surface area (Å²) < 4.78 is 0. The van der Waals surface area contributed by atoms with Crippen LogP contribution in [0.25, 0.3) is 0 Å². The van der Waals surface area contributed by atoms with Gasteiger partial charge in [-0.25, -0.2) is 0 Å². The van der Waals surface area contributed by atoms with Gasteiger partial charge in [-0.3, -0.25) is 0 Å². The lowest BCUT2D eigenvalue weighted by Crippen LogP contribution is -2.16. The number of hydrogen-bond acceptors (Lipinski definition) is 1. The topological polar surface area (TPSA) is 23.8 Å². The van der Waals surface area contributed by atoms with Crippen LogP contribution in [0.3, 0.4) is 0 Å². The quantitative estimate of drug-likeness (QED) is 0.680. The van der Waals surface area contributed by atoms with Crippen LogP contribution in [0, 0.1) is 17.2 Å². The smallest absolute Gasteiger partial charge is 0.0991 e. The van der Waals surface area contributed by atoms with Gasteiger partial charge in [0, 0.05) is 0 Å². The maximum atomic E-state index is 8.88. The van der Waals surface area contributed by atoms with E-state index in [9.17, 15) is 0 Å². The Bertz CT molecular complexity index is 571. The van der Waals surface area contributed by atoms with E-state index >= 15 is 0 Å². The van der Waals surface area contributed by atoms with Gasteiger partial charge in [0.05, 0.1) is 11.6 Å². The second kappa shape index (κ2) is 5.67. The lowest BCUT2D eigenvalue weighted by Gasteiger charge is -2.33. The molecular formula is C19H21N. The van der Waals surface area contributed by atoms with Gasteiger partial charge in [0.15, 0.2) is 0 Å². The minimum atomic E-state index is 0.654. The average Bonchev–Trinajstić information content (AvgIpc) is 2.54. The van der Waals surface area contributed by atoms with Crippen molar-refractivity contribution in [3.63, 3.8) is 0 Å². The lowest BCUT2D eigenvalue weighted by atomic mass is 9.72. The van der Waals surface area contributed by atoms with Crippen LogP contribution in [-0.2, 0) is 0 Å². The number of hydrogen-bond donors (Lipinski definition) is 0. The fourth-order valence-corrected chi connectivity index (χ4v) is 3.69. The molecule has 0 heterocycles. The van der Waals surface area contributed by atoms with Crippen molar-refractivity contribution in [3.05, 3.63) is 59.2 Å². The number of benzene rings is 1. The summed E-state index contributed by atoms with van der Waals surface area (Å²) in [7, 11) is 0.